The van der Waals surface area contributed by atoms with E-state index in [0.29, 0.717) is 24.2 Å². The average molecular weight is 835 g/mol. The lowest BCUT2D eigenvalue weighted by atomic mass is 9.97. The van der Waals surface area contributed by atoms with Gasteiger partial charge in [0.25, 0.3) is 0 Å². The predicted octanol–water partition coefficient (Wildman–Crippen LogP) is -1.69. The van der Waals surface area contributed by atoms with Crippen molar-refractivity contribution in [1.82, 2.24) is 31.5 Å². The number of hydrogen-bond acceptors (Lipinski definition) is 11. The van der Waals surface area contributed by atoms with Crippen LogP contribution in [0.2, 0.25) is 0 Å². The zero-order valence-electron chi connectivity index (χ0n) is 33.9. The smallest absolute Gasteiger partial charge is 0.326 e. The summed E-state index contributed by atoms with van der Waals surface area (Å²) in [5.74, 6) is -5.37. The van der Waals surface area contributed by atoms with Crippen LogP contribution < -0.4 is 43.8 Å². The van der Waals surface area contributed by atoms with E-state index in [1.54, 1.807) is 37.3 Å². The molecule has 0 unspecified atom stereocenters. The number of nitrogens with two attached hydrogens (primary N) is 3. The second kappa shape index (κ2) is 24.7. The van der Waals surface area contributed by atoms with Gasteiger partial charge in [-0.15, -0.1) is 0 Å². The van der Waals surface area contributed by atoms with Crippen molar-refractivity contribution < 1.29 is 43.8 Å². The number of thioether (sulfide) groups is 1. The minimum Gasteiger partial charge on any atom is -0.480 e. The fourth-order valence-corrected chi connectivity index (χ4v) is 6.73. The molecule has 0 radical (unpaired) electrons. The van der Waals surface area contributed by atoms with Gasteiger partial charge in [0.1, 0.15) is 36.3 Å². The Bertz CT molecular complexity index is 1580. The van der Waals surface area contributed by atoms with Crippen molar-refractivity contribution in [2.75, 3.05) is 25.1 Å². The molecule has 58 heavy (non-hydrogen) atoms. The van der Waals surface area contributed by atoms with Crippen molar-refractivity contribution in [3.8, 4) is 0 Å². The molecule has 1 aliphatic rings. The van der Waals surface area contributed by atoms with Crippen LogP contribution in [0, 0.1) is 5.92 Å². The second-order valence-corrected chi connectivity index (χ2v) is 15.5. The minimum absolute atomic E-state index is 0.0395. The molecule has 19 nitrogen and oxygen atoms in total. The molecule has 0 saturated carbocycles. The standard InChI is InChI=1S/C38H62N10O9S/c1-6-21(2)29(46-31(50)22(3)39)34(53)43-25(16-19-58-5)32(51)45-27(20-24-12-8-7-9-13-24)36(55)48-18-11-15-28(48)33(52)47-30(23(4)49)35(54)44-26(37(56)57)14-10-17-42-38(40)41/h7-9,12-13,21-23,25-30,49H,6,10-11,14-20,39H2,1-5H3,(H,43,53)(H,44,54)(H,45,51)(H,46,50)(H,47,52)(H,56,57)(H4,40,41,42)/t21-,22-,23+,25-,26-,27-,28-,29-,30-/m0/s1. The van der Waals surface area contributed by atoms with E-state index in [1.807, 2.05) is 13.2 Å². The zero-order chi connectivity index (χ0) is 43.5. The summed E-state index contributed by atoms with van der Waals surface area (Å²) in [4.78, 5) is 98.5. The molecule has 0 aliphatic carbocycles. The molecule has 2 rings (SSSR count). The van der Waals surface area contributed by atoms with E-state index in [4.69, 9.17) is 17.2 Å². The number of hydrogen-bond donors (Lipinski definition) is 10. The van der Waals surface area contributed by atoms with Gasteiger partial charge < -0.3 is 58.9 Å². The van der Waals surface area contributed by atoms with Crippen LogP contribution in [0.15, 0.2) is 35.3 Å². The lowest BCUT2D eigenvalue weighted by Gasteiger charge is -2.31. The van der Waals surface area contributed by atoms with Crippen LogP contribution >= 0.6 is 11.8 Å². The number of amides is 6. The van der Waals surface area contributed by atoms with Crippen LogP contribution in [0.4, 0.5) is 0 Å². The molecule has 0 spiro atoms. The van der Waals surface area contributed by atoms with Gasteiger partial charge in [-0.05, 0) is 69.4 Å². The highest BCUT2D eigenvalue weighted by molar-refractivity contribution is 7.98. The van der Waals surface area contributed by atoms with Gasteiger partial charge in [0.05, 0.1) is 12.1 Å². The molecule has 1 aromatic carbocycles. The fourth-order valence-electron chi connectivity index (χ4n) is 6.26. The molecule has 20 heteroatoms. The Hall–Kier alpha value is -4.95. The largest absolute Gasteiger partial charge is 0.480 e. The van der Waals surface area contributed by atoms with E-state index in [0.717, 1.165) is 0 Å². The van der Waals surface area contributed by atoms with Crippen molar-refractivity contribution in [1.29, 1.82) is 0 Å². The third-order valence-corrected chi connectivity index (χ3v) is 10.5. The summed E-state index contributed by atoms with van der Waals surface area (Å²) in [5, 5.41) is 33.3. The normalized spacial score (nSPS) is 17.8. The Morgan fingerprint density at radius 3 is 2.05 bits per heavy atom. The third kappa shape index (κ3) is 15.8. The van der Waals surface area contributed by atoms with E-state index < -0.39 is 89.8 Å². The highest BCUT2D eigenvalue weighted by Crippen LogP contribution is 2.21. The van der Waals surface area contributed by atoms with Gasteiger partial charge in [-0.25, -0.2) is 4.79 Å². The van der Waals surface area contributed by atoms with Gasteiger partial charge >= 0.3 is 5.97 Å². The first kappa shape index (κ1) is 49.2. The number of carboxylic acids is 1. The Morgan fingerprint density at radius 1 is 0.862 bits per heavy atom. The number of rotatable bonds is 24. The highest BCUT2D eigenvalue weighted by Gasteiger charge is 2.41. The number of nitrogens with one attached hydrogen (secondary N) is 5. The number of aliphatic imine (C=N–C) groups is 1. The monoisotopic (exact) mass is 834 g/mol. The summed E-state index contributed by atoms with van der Waals surface area (Å²) in [6, 6.07) is 0.760. The number of carbonyl (C=O) groups excluding carboxylic acids is 6. The number of aliphatic hydroxyl groups is 1. The third-order valence-electron chi connectivity index (χ3n) is 9.81. The summed E-state index contributed by atoms with van der Waals surface area (Å²) in [7, 11) is 0. The Balaban J connectivity index is 2.33. The molecule has 1 fully saturated rings. The van der Waals surface area contributed by atoms with Crippen molar-refractivity contribution in [3.63, 3.8) is 0 Å². The average Bonchev–Trinajstić information content (AvgIpc) is 3.68. The number of benzene rings is 1. The van der Waals surface area contributed by atoms with Crippen molar-refractivity contribution in [3.05, 3.63) is 35.9 Å². The van der Waals surface area contributed by atoms with E-state index in [1.165, 1.54) is 30.5 Å². The number of likely N-dealkylation sites (tertiary alicyclic amines) is 1. The molecule has 1 heterocycles. The number of nitrogens with zero attached hydrogens (tertiary/aromatic N) is 2. The van der Waals surface area contributed by atoms with E-state index >= 15 is 0 Å². The molecule has 6 amide bonds. The minimum atomic E-state index is -1.57. The van der Waals surface area contributed by atoms with E-state index in [9.17, 15) is 43.8 Å². The molecule has 1 aromatic rings. The predicted molar refractivity (Wildman–Crippen MR) is 220 cm³/mol. The first-order valence-electron chi connectivity index (χ1n) is 19.5. The lowest BCUT2D eigenvalue weighted by molar-refractivity contribution is -0.144. The van der Waals surface area contributed by atoms with E-state index in [2.05, 4.69) is 31.6 Å². The SMILES string of the molecule is CC[C@H](C)[C@H](NC(=O)[C@H](C)N)C(=O)N[C@@H](CCSC)C(=O)N[C@@H](Cc1ccccc1)C(=O)N1CCC[C@H]1C(=O)N[C@H](C(=O)N[C@@H](CCCN=C(N)N)C(=O)O)[C@@H](C)O. The number of carbonyl (C=O) groups is 7. The summed E-state index contributed by atoms with van der Waals surface area (Å²) in [5.41, 5.74) is 17.1. The number of aliphatic carboxylic acids is 1. The van der Waals surface area contributed by atoms with Gasteiger partial charge in [-0.2, -0.15) is 11.8 Å². The summed E-state index contributed by atoms with van der Waals surface area (Å²) in [6.45, 7) is 6.67. The first-order chi connectivity index (χ1) is 27.4. The van der Waals surface area contributed by atoms with Crippen molar-refractivity contribution >= 4 is 59.1 Å². The second-order valence-electron chi connectivity index (χ2n) is 14.5. The van der Waals surface area contributed by atoms with E-state index in [-0.39, 0.29) is 57.1 Å². The Labute approximate surface area is 343 Å². The van der Waals surface area contributed by atoms with Crippen LogP contribution in [0.25, 0.3) is 0 Å². The summed E-state index contributed by atoms with van der Waals surface area (Å²) < 4.78 is 0. The Morgan fingerprint density at radius 2 is 1.48 bits per heavy atom. The molecule has 9 atom stereocenters. The van der Waals surface area contributed by atoms with Gasteiger partial charge in [0.15, 0.2) is 5.96 Å². The van der Waals surface area contributed by atoms with Crippen LogP contribution in [-0.2, 0) is 40.0 Å². The van der Waals surface area contributed by atoms with Gasteiger partial charge in [-0.1, -0.05) is 50.6 Å². The van der Waals surface area contributed by atoms with Gasteiger partial charge in [-0.3, -0.25) is 33.8 Å². The topological polar surface area (TPSA) is 314 Å². The van der Waals surface area contributed by atoms with Crippen LogP contribution in [0.1, 0.15) is 71.8 Å². The molecular formula is C38H62N10O9S. The van der Waals surface area contributed by atoms with Crippen LogP contribution in [0.5, 0.6) is 0 Å². The maximum absolute atomic E-state index is 14.4. The van der Waals surface area contributed by atoms with Crippen molar-refractivity contribution in [2.24, 2.45) is 28.1 Å². The number of guanidine groups is 1. The first-order valence-corrected chi connectivity index (χ1v) is 20.9. The molecule has 13 N–H and O–H groups in total. The van der Waals surface area contributed by atoms with Gasteiger partial charge in [0, 0.05) is 19.5 Å². The van der Waals surface area contributed by atoms with Crippen molar-refractivity contribution in [2.45, 2.75) is 121 Å². The Kier molecular flexibility index (Phi) is 21.0. The van der Waals surface area contributed by atoms with Crippen LogP contribution in [0.3, 0.4) is 0 Å². The summed E-state index contributed by atoms with van der Waals surface area (Å²) >= 11 is 1.45. The number of aliphatic hydroxyl groups excluding tert-OH is 1. The fraction of sp³-hybridized carbons (Fsp3) is 0.632. The maximum atomic E-state index is 14.4. The zero-order valence-corrected chi connectivity index (χ0v) is 34.8. The number of carboxylic acid groups (broad SMARTS) is 1. The molecule has 0 aromatic heterocycles. The molecular weight excluding hydrogens is 773 g/mol. The molecule has 1 saturated heterocycles. The van der Waals surface area contributed by atoms with Crippen LogP contribution in [-0.4, -0.2) is 136 Å². The summed E-state index contributed by atoms with van der Waals surface area (Å²) in [6.07, 6.45) is 1.98. The highest BCUT2D eigenvalue weighted by atomic mass is 32.2. The molecule has 324 valence electrons. The maximum Gasteiger partial charge on any atom is 0.326 e. The quantitative estimate of drug-likeness (QED) is 0.0316. The van der Waals surface area contributed by atoms with Gasteiger partial charge in [0.2, 0.25) is 35.4 Å². The lowest BCUT2D eigenvalue weighted by Crippen LogP contribution is -2.61. The molecule has 0 bridgehead atoms. The molecule has 1 aliphatic heterocycles.